The summed E-state index contributed by atoms with van der Waals surface area (Å²) in [6, 6.07) is 20.1. The van der Waals surface area contributed by atoms with Crippen molar-refractivity contribution in [2.45, 2.75) is 33.0 Å². The number of aldehydes is 1. The standard InChI is InChI=1S/C26H25NO3/c1-16(2)30-23(15-28)25-24(20-11-7-9-18-8-5-6-10-19(18)20)22-14-17(3)12-13-21(22)26(29)27(25)4/h5-16,23H,1-4H3. The molecule has 4 heteroatoms. The summed E-state index contributed by atoms with van der Waals surface area (Å²) in [6.45, 7) is 5.78. The lowest BCUT2D eigenvalue weighted by molar-refractivity contribution is -0.121. The van der Waals surface area contributed by atoms with E-state index in [0.717, 1.165) is 39.1 Å². The summed E-state index contributed by atoms with van der Waals surface area (Å²) in [7, 11) is 1.71. The zero-order valence-corrected chi connectivity index (χ0v) is 17.7. The number of aryl methyl sites for hydroxylation is 1. The van der Waals surface area contributed by atoms with E-state index in [4.69, 9.17) is 4.74 Å². The number of carbonyl (C=O) groups is 1. The molecule has 30 heavy (non-hydrogen) atoms. The normalized spacial score (nSPS) is 12.6. The van der Waals surface area contributed by atoms with E-state index in [0.29, 0.717) is 11.1 Å². The molecule has 3 aromatic carbocycles. The number of ether oxygens (including phenoxy) is 1. The topological polar surface area (TPSA) is 48.3 Å². The SMILES string of the molecule is Cc1ccc2c(=O)n(C)c(C(C=O)OC(C)C)c(-c3cccc4ccccc34)c2c1. The Kier molecular flexibility index (Phi) is 5.27. The molecule has 152 valence electrons. The Morgan fingerprint density at radius 2 is 1.67 bits per heavy atom. The third-order valence-corrected chi connectivity index (χ3v) is 5.47. The summed E-state index contributed by atoms with van der Waals surface area (Å²) in [5.41, 5.74) is 3.34. The predicted molar refractivity (Wildman–Crippen MR) is 122 cm³/mol. The van der Waals surface area contributed by atoms with Crippen LogP contribution in [-0.2, 0) is 16.6 Å². The van der Waals surface area contributed by atoms with Gasteiger partial charge >= 0.3 is 0 Å². The second-order valence-corrected chi connectivity index (χ2v) is 7.94. The van der Waals surface area contributed by atoms with E-state index in [9.17, 15) is 9.59 Å². The number of carbonyl (C=O) groups excluding carboxylic acids is 1. The number of benzene rings is 3. The molecule has 0 spiro atoms. The maximum atomic E-state index is 13.2. The molecule has 1 aromatic heterocycles. The van der Waals surface area contributed by atoms with Gasteiger partial charge in [-0.15, -0.1) is 0 Å². The highest BCUT2D eigenvalue weighted by atomic mass is 16.5. The molecule has 1 heterocycles. The van der Waals surface area contributed by atoms with E-state index in [-0.39, 0.29) is 11.7 Å². The van der Waals surface area contributed by atoms with Gasteiger partial charge in [-0.3, -0.25) is 4.79 Å². The van der Waals surface area contributed by atoms with Crippen molar-refractivity contribution in [1.82, 2.24) is 4.57 Å². The summed E-state index contributed by atoms with van der Waals surface area (Å²) in [5.74, 6) is 0. The fourth-order valence-electron chi connectivity index (χ4n) is 4.16. The minimum atomic E-state index is -0.846. The highest BCUT2D eigenvalue weighted by Gasteiger charge is 2.25. The molecule has 4 aromatic rings. The van der Waals surface area contributed by atoms with Crippen LogP contribution in [0.15, 0.2) is 65.5 Å². The van der Waals surface area contributed by atoms with Crippen LogP contribution in [0, 0.1) is 6.92 Å². The average Bonchev–Trinajstić information content (AvgIpc) is 2.74. The lowest BCUT2D eigenvalue weighted by atomic mass is 9.90. The van der Waals surface area contributed by atoms with Crippen LogP contribution in [0.5, 0.6) is 0 Å². The predicted octanol–water partition coefficient (Wildman–Crippen LogP) is 5.33. The van der Waals surface area contributed by atoms with Gasteiger partial charge in [0.2, 0.25) is 0 Å². The number of pyridine rings is 1. The molecule has 1 unspecified atom stereocenters. The van der Waals surface area contributed by atoms with E-state index in [1.54, 1.807) is 11.6 Å². The quantitative estimate of drug-likeness (QED) is 0.426. The molecule has 0 bridgehead atoms. The van der Waals surface area contributed by atoms with Crippen LogP contribution in [-0.4, -0.2) is 17.0 Å². The van der Waals surface area contributed by atoms with Crippen molar-refractivity contribution < 1.29 is 9.53 Å². The van der Waals surface area contributed by atoms with Crippen LogP contribution in [0.1, 0.15) is 31.2 Å². The maximum absolute atomic E-state index is 13.2. The van der Waals surface area contributed by atoms with Crippen LogP contribution in [0.2, 0.25) is 0 Å². The molecule has 0 saturated carbocycles. The molecular formula is C26H25NO3. The van der Waals surface area contributed by atoms with E-state index < -0.39 is 6.10 Å². The first-order chi connectivity index (χ1) is 14.4. The largest absolute Gasteiger partial charge is 0.362 e. The Morgan fingerprint density at radius 3 is 2.40 bits per heavy atom. The van der Waals surface area contributed by atoms with Gasteiger partial charge in [-0.25, -0.2) is 0 Å². The van der Waals surface area contributed by atoms with Gasteiger partial charge in [-0.2, -0.15) is 0 Å². The van der Waals surface area contributed by atoms with E-state index in [1.807, 2.05) is 63.2 Å². The first-order valence-electron chi connectivity index (χ1n) is 10.1. The molecule has 0 N–H and O–H groups in total. The molecule has 0 aliphatic heterocycles. The number of hydrogen-bond donors (Lipinski definition) is 0. The van der Waals surface area contributed by atoms with Crippen LogP contribution in [0.3, 0.4) is 0 Å². The molecule has 0 fully saturated rings. The van der Waals surface area contributed by atoms with Crippen molar-refractivity contribution in [3.8, 4) is 11.1 Å². The third-order valence-electron chi connectivity index (χ3n) is 5.47. The van der Waals surface area contributed by atoms with E-state index in [2.05, 4.69) is 18.2 Å². The first kappa shape index (κ1) is 20.0. The maximum Gasteiger partial charge on any atom is 0.258 e. The number of aromatic nitrogens is 1. The van der Waals surface area contributed by atoms with Gasteiger partial charge in [-0.05, 0) is 48.6 Å². The third kappa shape index (κ3) is 3.33. The molecule has 0 radical (unpaired) electrons. The Hall–Kier alpha value is -3.24. The van der Waals surface area contributed by atoms with Crippen molar-refractivity contribution in [1.29, 1.82) is 0 Å². The van der Waals surface area contributed by atoms with Crippen molar-refractivity contribution in [2.75, 3.05) is 0 Å². The summed E-state index contributed by atoms with van der Waals surface area (Å²) in [5, 5.41) is 3.63. The summed E-state index contributed by atoms with van der Waals surface area (Å²) in [4.78, 5) is 25.3. The number of hydrogen-bond acceptors (Lipinski definition) is 3. The fourth-order valence-corrected chi connectivity index (χ4v) is 4.16. The average molecular weight is 399 g/mol. The van der Waals surface area contributed by atoms with Crippen molar-refractivity contribution in [2.24, 2.45) is 7.05 Å². The molecule has 4 nitrogen and oxygen atoms in total. The Labute approximate surface area is 175 Å². The molecule has 1 atom stereocenters. The second kappa shape index (κ2) is 7.88. The summed E-state index contributed by atoms with van der Waals surface area (Å²) < 4.78 is 7.51. The van der Waals surface area contributed by atoms with Crippen LogP contribution < -0.4 is 5.56 Å². The van der Waals surface area contributed by atoms with E-state index >= 15 is 0 Å². The van der Waals surface area contributed by atoms with Gasteiger partial charge < -0.3 is 14.1 Å². The van der Waals surface area contributed by atoms with Crippen LogP contribution >= 0.6 is 0 Å². The molecule has 0 aliphatic rings. The van der Waals surface area contributed by atoms with Gasteiger partial charge in [0, 0.05) is 18.0 Å². The molecule has 0 saturated heterocycles. The van der Waals surface area contributed by atoms with Gasteiger partial charge in [0.15, 0.2) is 12.4 Å². The number of fused-ring (bicyclic) bond motifs is 2. The monoisotopic (exact) mass is 399 g/mol. The highest BCUT2D eigenvalue weighted by molar-refractivity contribution is 6.06. The van der Waals surface area contributed by atoms with Gasteiger partial charge in [0.05, 0.1) is 11.8 Å². The zero-order chi connectivity index (χ0) is 21.4. The van der Waals surface area contributed by atoms with Gasteiger partial charge in [0.1, 0.15) is 0 Å². The first-order valence-corrected chi connectivity index (χ1v) is 10.1. The smallest absolute Gasteiger partial charge is 0.258 e. The number of rotatable bonds is 5. The lowest BCUT2D eigenvalue weighted by Gasteiger charge is -2.24. The molecule has 0 amide bonds. The Morgan fingerprint density at radius 1 is 0.933 bits per heavy atom. The van der Waals surface area contributed by atoms with Crippen molar-refractivity contribution >= 4 is 27.8 Å². The van der Waals surface area contributed by atoms with Gasteiger partial charge in [-0.1, -0.05) is 60.2 Å². The van der Waals surface area contributed by atoms with E-state index in [1.165, 1.54) is 0 Å². The molecule has 4 rings (SSSR count). The Bertz CT molecular complexity index is 1310. The molecular weight excluding hydrogens is 374 g/mol. The summed E-state index contributed by atoms with van der Waals surface area (Å²) in [6.07, 6.45) is -0.226. The van der Waals surface area contributed by atoms with Crippen molar-refractivity contribution in [3.63, 3.8) is 0 Å². The van der Waals surface area contributed by atoms with Crippen LogP contribution in [0.4, 0.5) is 0 Å². The summed E-state index contributed by atoms with van der Waals surface area (Å²) >= 11 is 0. The fraction of sp³-hybridized carbons (Fsp3) is 0.231. The zero-order valence-electron chi connectivity index (χ0n) is 17.7. The lowest BCUT2D eigenvalue weighted by Crippen LogP contribution is -2.26. The minimum Gasteiger partial charge on any atom is -0.362 e. The molecule has 0 aliphatic carbocycles. The van der Waals surface area contributed by atoms with Gasteiger partial charge in [0.25, 0.3) is 5.56 Å². The second-order valence-electron chi connectivity index (χ2n) is 7.94. The Balaban J connectivity index is 2.22. The highest BCUT2D eigenvalue weighted by Crippen LogP contribution is 2.38. The minimum absolute atomic E-state index is 0.136. The van der Waals surface area contributed by atoms with Crippen LogP contribution in [0.25, 0.3) is 32.7 Å². The number of nitrogens with zero attached hydrogens (tertiary/aromatic N) is 1. The van der Waals surface area contributed by atoms with Crippen molar-refractivity contribution in [3.05, 3.63) is 82.3 Å².